The minimum absolute atomic E-state index is 0.598. The van der Waals surface area contributed by atoms with Crippen LogP contribution < -0.4 is 0 Å². The molecule has 1 fully saturated rings. The second-order valence-electron chi connectivity index (χ2n) is 3.89. The van der Waals surface area contributed by atoms with Gasteiger partial charge in [0, 0.05) is 26.8 Å². The van der Waals surface area contributed by atoms with Gasteiger partial charge in [0.05, 0.1) is 5.60 Å². The molecule has 15 heavy (non-hydrogen) atoms. The lowest BCUT2D eigenvalue weighted by Gasteiger charge is -2.32. The minimum atomic E-state index is -0.769. The van der Waals surface area contributed by atoms with Crippen LogP contribution in [0.3, 0.4) is 0 Å². The molecule has 0 aromatic heterocycles. The number of halogens is 1. The topological polar surface area (TPSA) is 37.3 Å². The zero-order valence-electron chi connectivity index (χ0n) is 8.28. The molecular formula is C11H13BrO2S. The molecule has 2 nitrogen and oxygen atoms in total. The largest absolute Gasteiger partial charge is 0.385 e. The molecule has 1 aromatic rings. The van der Waals surface area contributed by atoms with Gasteiger partial charge in [-0.1, -0.05) is 28.1 Å². The highest BCUT2D eigenvalue weighted by Gasteiger charge is 2.33. The molecule has 1 aliphatic rings. The lowest BCUT2D eigenvalue weighted by molar-refractivity contribution is 0.0272. The van der Waals surface area contributed by atoms with Crippen molar-refractivity contribution in [2.75, 3.05) is 11.5 Å². The zero-order valence-corrected chi connectivity index (χ0v) is 10.7. The first-order chi connectivity index (χ1) is 7.10. The van der Waals surface area contributed by atoms with Crippen molar-refractivity contribution in [3.05, 3.63) is 34.3 Å². The molecule has 1 saturated heterocycles. The van der Waals surface area contributed by atoms with E-state index in [0.717, 1.165) is 10.0 Å². The van der Waals surface area contributed by atoms with Crippen molar-refractivity contribution in [1.82, 2.24) is 0 Å². The molecule has 0 radical (unpaired) electrons. The third-order valence-corrected chi connectivity index (χ3v) is 4.72. The highest BCUT2D eigenvalue weighted by atomic mass is 79.9. The molecule has 2 rings (SSSR count). The van der Waals surface area contributed by atoms with Crippen molar-refractivity contribution in [2.45, 2.75) is 18.4 Å². The summed E-state index contributed by atoms with van der Waals surface area (Å²) in [7, 11) is -0.734. The van der Waals surface area contributed by atoms with Crippen molar-refractivity contribution in [3.8, 4) is 0 Å². The van der Waals surface area contributed by atoms with Crippen LogP contribution in [0.25, 0.3) is 0 Å². The molecule has 0 aliphatic carbocycles. The van der Waals surface area contributed by atoms with Crippen molar-refractivity contribution in [3.63, 3.8) is 0 Å². The van der Waals surface area contributed by atoms with Crippen LogP contribution in [0.1, 0.15) is 18.4 Å². The lowest BCUT2D eigenvalue weighted by Crippen LogP contribution is -2.34. The third-order valence-electron chi connectivity index (χ3n) is 2.87. The number of hydrogen-bond acceptors (Lipinski definition) is 2. The molecule has 0 unspecified atom stereocenters. The SMILES string of the molecule is O=S1CCC(O)(c2ccc(Br)cc2)CC1. The number of aliphatic hydroxyl groups is 1. The standard InChI is InChI=1S/C11H13BrO2S/c12-10-3-1-9(2-4-10)11(13)5-7-15(14)8-6-11/h1-4,13H,5-8H2. The van der Waals surface area contributed by atoms with E-state index in [-0.39, 0.29) is 0 Å². The third kappa shape index (κ3) is 2.49. The summed E-state index contributed by atoms with van der Waals surface area (Å²) in [4.78, 5) is 0. The highest BCUT2D eigenvalue weighted by molar-refractivity contribution is 9.10. The first-order valence-corrected chi connectivity index (χ1v) is 7.22. The molecule has 4 heteroatoms. The van der Waals surface area contributed by atoms with Gasteiger partial charge in [-0.25, -0.2) is 0 Å². The Balaban J connectivity index is 2.22. The summed E-state index contributed by atoms with van der Waals surface area (Å²) >= 11 is 3.37. The van der Waals surface area contributed by atoms with E-state index in [9.17, 15) is 9.32 Å². The second kappa shape index (κ2) is 4.36. The van der Waals surface area contributed by atoms with Gasteiger partial charge in [-0.15, -0.1) is 0 Å². The van der Waals surface area contributed by atoms with Crippen LogP contribution in [0.5, 0.6) is 0 Å². The van der Waals surface area contributed by atoms with Crippen LogP contribution in [-0.4, -0.2) is 20.8 Å². The average molecular weight is 289 g/mol. The maximum atomic E-state index is 11.2. The van der Waals surface area contributed by atoms with Gasteiger partial charge in [0.15, 0.2) is 0 Å². The summed E-state index contributed by atoms with van der Waals surface area (Å²) in [5.41, 5.74) is 0.164. The fraction of sp³-hybridized carbons (Fsp3) is 0.455. The summed E-state index contributed by atoms with van der Waals surface area (Å²) in [6.45, 7) is 0. The Labute approximate surface area is 100 Å². The molecule has 82 valence electrons. The summed E-state index contributed by atoms with van der Waals surface area (Å²) in [6.07, 6.45) is 1.20. The van der Waals surface area contributed by atoms with Gasteiger partial charge >= 0.3 is 0 Å². The van der Waals surface area contributed by atoms with Gasteiger partial charge in [0.2, 0.25) is 0 Å². The van der Waals surface area contributed by atoms with Crippen molar-refractivity contribution < 1.29 is 9.32 Å². The van der Waals surface area contributed by atoms with Crippen LogP contribution in [0.15, 0.2) is 28.7 Å². The Morgan fingerprint density at radius 1 is 1.20 bits per heavy atom. The second-order valence-corrected chi connectivity index (χ2v) is 6.50. The average Bonchev–Trinajstić information content (AvgIpc) is 2.24. The molecular weight excluding hydrogens is 276 g/mol. The Kier molecular flexibility index (Phi) is 3.28. The highest BCUT2D eigenvalue weighted by Crippen LogP contribution is 2.33. The Bertz CT molecular complexity index is 365. The smallest absolute Gasteiger partial charge is 0.0914 e. The van der Waals surface area contributed by atoms with Gasteiger partial charge < -0.3 is 5.11 Å². The molecule has 0 amide bonds. The van der Waals surface area contributed by atoms with E-state index in [1.54, 1.807) is 0 Å². The first kappa shape index (κ1) is 11.3. The Morgan fingerprint density at radius 3 is 2.27 bits per heavy atom. The molecule has 0 spiro atoms. The Hall–Kier alpha value is -0.190. The predicted octanol–water partition coefficient (Wildman–Crippen LogP) is 2.18. The van der Waals surface area contributed by atoms with E-state index in [4.69, 9.17) is 0 Å². The fourth-order valence-electron chi connectivity index (χ4n) is 1.84. The quantitative estimate of drug-likeness (QED) is 0.860. The van der Waals surface area contributed by atoms with Crippen molar-refractivity contribution in [2.24, 2.45) is 0 Å². The van der Waals surface area contributed by atoms with Crippen molar-refractivity contribution in [1.29, 1.82) is 0 Å². The van der Waals surface area contributed by atoms with Crippen LogP contribution in [-0.2, 0) is 16.4 Å². The van der Waals surface area contributed by atoms with E-state index < -0.39 is 16.4 Å². The maximum Gasteiger partial charge on any atom is 0.0914 e. The zero-order chi connectivity index (χ0) is 10.9. The molecule has 1 N–H and O–H groups in total. The maximum absolute atomic E-state index is 11.2. The summed E-state index contributed by atoms with van der Waals surface area (Å²) in [6, 6.07) is 7.72. The summed E-state index contributed by atoms with van der Waals surface area (Å²) in [5, 5.41) is 10.4. The lowest BCUT2D eigenvalue weighted by atomic mass is 9.88. The van der Waals surface area contributed by atoms with E-state index >= 15 is 0 Å². The molecule has 1 aromatic carbocycles. The van der Waals surface area contributed by atoms with E-state index in [2.05, 4.69) is 15.9 Å². The minimum Gasteiger partial charge on any atom is -0.385 e. The summed E-state index contributed by atoms with van der Waals surface area (Å²) < 4.78 is 12.2. The van der Waals surface area contributed by atoms with Crippen LogP contribution in [0.2, 0.25) is 0 Å². The molecule has 0 saturated carbocycles. The molecule has 0 atom stereocenters. The van der Waals surface area contributed by atoms with Gasteiger partial charge in [-0.3, -0.25) is 4.21 Å². The van der Waals surface area contributed by atoms with Crippen LogP contribution >= 0.6 is 15.9 Å². The van der Waals surface area contributed by atoms with Gasteiger partial charge in [0.1, 0.15) is 0 Å². The van der Waals surface area contributed by atoms with E-state index in [1.165, 1.54) is 0 Å². The van der Waals surface area contributed by atoms with Crippen LogP contribution in [0, 0.1) is 0 Å². The van der Waals surface area contributed by atoms with Crippen LogP contribution in [0.4, 0.5) is 0 Å². The number of hydrogen-bond donors (Lipinski definition) is 1. The van der Waals surface area contributed by atoms with Gasteiger partial charge in [-0.2, -0.15) is 0 Å². The Morgan fingerprint density at radius 2 is 1.73 bits per heavy atom. The number of benzene rings is 1. The van der Waals surface area contributed by atoms with E-state index in [1.807, 2.05) is 24.3 Å². The summed E-state index contributed by atoms with van der Waals surface area (Å²) in [5.74, 6) is 1.21. The first-order valence-electron chi connectivity index (χ1n) is 4.94. The molecule has 1 heterocycles. The molecule has 1 aliphatic heterocycles. The van der Waals surface area contributed by atoms with Crippen molar-refractivity contribution >= 4 is 26.7 Å². The normalized spacial score (nSPS) is 31.5. The number of rotatable bonds is 1. The fourth-order valence-corrected chi connectivity index (χ4v) is 3.44. The molecule has 0 bridgehead atoms. The van der Waals surface area contributed by atoms with E-state index in [0.29, 0.717) is 24.3 Å². The van der Waals surface area contributed by atoms with Gasteiger partial charge in [-0.05, 0) is 30.5 Å². The monoisotopic (exact) mass is 288 g/mol. The van der Waals surface area contributed by atoms with Gasteiger partial charge in [0.25, 0.3) is 0 Å². The predicted molar refractivity (Wildman–Crippen MR) is 65.1 cm³/mol.